The van der Waals surface area contributed by atoms with E-state index < -0.39 is 5.97 Å². The van der Waals surface area contributed by atoms with Gasteiger partial charge in [-0.3, -0.25) is 4.79 Å². The number of carboxylic acid groups (broad SMARTS) is 1. The molecule has 3 heterocycles. The molecule has 44 heavy (non-hydrogen) atoms. The molecule has 0 bridgehead atoms. The summed E-state index contributed by atoms with van der Waals surface area (Å²) >= 11 is 0. The van der Waals surface area contributed by atoms with E-state index in [2.05, 4.69) is 42.0 Å². The number of aromatic nitrogens is 3. The van der Waals surface area contributed by atoms with Crippen molar-refractivity contribution in [2.24, 2.45) is 11.8 Å². The van der Waals surface area contributed by atoms with Crippen LogP contribution in [0.5, 0.6) is 5.75 Å². The van der Waals surface area contributed by atoms with Crippen molar-refractivity contribution in [3.05, 3.63) is 76.2 Å². The first-order valence-electron chi connectivity index (χ1n) is 16.4. The van der Waals surface area contributed by atoms with E-state index in [1.165, 1.54) is 28.5 Å². The van der Waals surface area contributed by atoms with Gasteiger partial charge in [0.1, 0.15) is 17.9 Å². The number of aryl methyl sites for hydroxylation is 1. The minimum absolute atomic E-state index is 0.214. The van der Waals surface area contributed by atoms with Gasteiger partial charge in [0.05, 0.1) is 17.6 Å². The van der Waals surface area contributed by atoms with Gasteiger partial charge in [-0.2, -0.15) is 5.10 Å². The lowest BCUT2D eigenvalue weighted by Crippen LogP contribution is -2.38. The second-order valence-corrected chi connectivity index (χ2v) is 12.6. The predicted molar refractivity (Wildman–Crippen MR) is 170 cm³/mol. The Morgan fingerprint density at radius 1 is 1.02 bits per heavy atom. The lowest BCUT2D eigenvalue weighted by molar-refractivity contribution is -0.133. The smallest absolute Gasteiger partial charge is 0.339 e. The number of carbonyl (C=O) groups excluding carboxylic acids is 1. The van der Waals surface area contributed by atoms with Crippen molar-refractivity contribution in [1.29, 1.82) is 0 Å². The zero-order valence-corrected chi connectivity index (χ0v) is 26.2. The van der Waals surface area contributed by atoms with Gasteiger partial charge in [0.2, 0.25) is 5.91 Å². The van der Waals surface area contributed by atoms with Crippen molar-refractivity contribution in [3.63, 3.8) is 0 Å². The number of rotatable bonds is 10. The normalized spacial score (nSPS) is 19.3. The van der Waals surface area contributed by atoms with Crippen molar-refractivity contribution in [2.45, 2.75) is 84.5 Å². The minimum Gasteiger partial charge on any atom is -0.489 e. The fraction of sp³-hybridized carbons (Fsp3) is 0.500. The quantitative estimate of drug-likeness (QED) is 0.275. The van der Waals surface area contributed by atoms with Gasteiger partial charge in [-0.05, 0) is 116 Å². The van der Waals surface area contributed by atoms with Crippen LogP contribution in [0, 0.1) is 11.8 Å². The van der Waals surface area contributed by atoms with Crippen LogP contribution in [0.4, 0.5) is 0 Å². The molecule has 1 aromatic carbocycles. The van der Waals surface area contributed by atoms with Gasteiger partial charge in [0.25, 0.3) is 0 Å². The predicted octanol–water partition coefficient (Wildman–Crippen LogP) is 6.86. The van der Waals surface area contributed by atoms with E-state index in [4.69, 9.17) is 9.72 Å². The van der Waals surface area contributed by atoms with Crippen molar-refractivity contribution in [2.75, 3.05) is 19.7 Å². The molecule has 3 aromatic rings. The Labute approximate surface area is 260 Å². The molecule has 2 fully saturated rings. The number of amides is 1. The Bertz CT molecular complexity index is 1560. The number of pyridine rings is 1. The molecule has 0 radical (unpaired) electrons. The first kappa shape index (κ1) is 30.1. The SMILES string of the molecule is CCc1cc(OCC2=C(c3cccc(-n4ncc(C(=O)O)c4CC)n3)CCCC2C)ccc1C1CCN(C(=O)C2CC2)CC1. The molecule has 2 aliphatic carbocycles. The summed E-state index contributed by atoms with van der Waals surface area (Å²) in [6.45, 7) is 8.66. The number of likely N-dealkylation sites (tertiary alicyclic amines) is 1. The first-order chi connectivity index (χ1) is 21.4. The number of aromatic carboxylic acids is 1. The Morgan fingerprint density at radius 2 is 1.82 bits per heavy atom. The van der Waals surface area contributed by atoms with Gasteiger partial charge in [-0.25, -0.2) is 14.5 Å². The van der Waals surface area contributed by atoms with Gasteiger partial charge < -0.3 is 14.7 Å². The van der Waals surface area contributed by atoms with E-state index in [1.54, 1.807) is 4.68 Å². The summed E-state index contributed by atoms with van der Waals surface area (Å²) in [5.41, 5.74) is 6.99. The Hall–Kier alpha value is -3.94. The summed E-state index contributed by atoms with van der Waals surface area (Å²) in [4.78, 5) is 31.3. The Kier molecular flexibility index (Phi) is 8.87. The topological polar surface area (TPSA) is 97.6 Å². The number of nitrogens with zero attached hydrogens (tertiary/aromatic N) is 4. The Balaban J connectivity index is 1.19. The number of allylic oxidation sites excluding steroid dienone is 1. The van der Waals surface area contributed by atoms with Gasteiger partial charge >= 0.3 is 5.97 Å². The van der Waals surface area contributed by atoms with Crippen LogP contribution in [0.15, 0.2) is 48.2 Å². The van der Waals surface area contributed by atoms with Crippen molar-refractivity contribution in [3.8, 4) is 11.6 Å². The van der Waals surface area contributed by atoms with Crippen LogP contribution in [0.1, 0.15) is 105 Å². The molecule has 1 aliphatic heterocycles. The van der Waals surface area contributed by atoms with Crippen LogP contribution in [-0.4, -0.2) is 56.3 Å². The standard InChI is InChI=1S/C36H44N4O4/c1-4-24-20-27(14-15-28(24)25-16-18-39(19-17-25)35(41)26-12-13-26)44-22-31-23(3)8-6-9-29(31)32-10-7-11-34(38-32)40-33(5-2)30(21-37-40)36(42)43/h7,10-11,14-15,20-21,23,25-26H,4-6,8-9,12-13,16-19,22H2,1-3H3,(H,42,43). The lowest BCUT2D eigenvalue weighted by atomic mass is 9.82. The fourth-order valence-corrected chi connectivity index (χ4v) is 7.08. The zero-order chi connectivity index (χ0) is 30.8. The number of piperidine rings is 1. The van der Waals surface area contributed by atoms with Crippen LogP contribution in [0.3, 0.4) is 0 Å². The molecular formula is C36H44N4O4. The number of hydrogen-bond acceptors (Lipinski definition) is 5. The molecule has 3 aliphatic rings. The lowest BCUT2D eigenvalue weighted by Gasteiger charge is -2.33. The molecule has 0 spiro atoms. The van der Waals surface area contributed by atoms with Crippen LogP contribution in [-0.2, 0) is 17.6 Å². The average molecular weight is 597 g/mol. The molecular weight excluding hydrogens is 552 g/mol. The molecule has 1 atom stereocenters. The first-order valence-corrected chi connectivity index (χ1v) is 16.4. The Morgan fingerprint density at radius 3 is 2.52 bits per heavy atom. The van der Waals surface area contributed by atoms with Crippen LogP contribution in [0.25, 0.3) is 11.4 Å². The molecule has 1 amide bonds. The van der Waals surface area contributed by atoms with Gasteiger partial charge in [-0.15, -0.1) is 0 Å². The monoisotopic (exact) mass is 596 g/mol. The molecule has 8 heteroatoms. The summed E-state index contributed by atoms with van der Waals surface area (Å²) < 4.78 is 8.15. The average Bonchev–Trinajstić information content (AvgIpc) is 3.81. The summed E-state index contributed by atoms with van der Waals surface area (Å²) in [6.07, 6.45) is 10.2. The third kappa shape index (κ3) is 6.17. The van der Waals surface area contributed by atoms with Gasteiger partial charge in [0.15, 0.2) is 5.82 Å². The number of carbonyl (C=O) groups is 2. The van der Waals surface area contributed by atoms with Crippen LogP contribution in [0.2, 0.25) is 0 Å². The van der Waals surface area contributed by atoms with Crippen LogP contribution >= 0.6 is 0 Å². The molecule has 1 N–H and O–H groups in total. The molecule has 8 nitrogen and oxygen atoms in total. The molecule has 1 saturated carbocycles. The van der Waals surface area contributed by atoms with E-state index in [1.807, 2.05) is 25.1 Å². The molecule has 6 rings (SSSR count). The largest absolute Gasteiger partial charge is 0.489 e. The zero-order valence-electron chi connectivity index (χ0n) is 26.2. The van der Waals surface area contributed by atoms with E-state index in [9.17, 15) is 14.7 Å². The highest BCUT2D eigenvalue weighted by atomic mass is 16.5. The van der Waals surface area contributed by atoms with Gasteiger partial charge in [0, 0.05) is 19.0 Å². The third-order valence-electron chi connectivity index (χ3n) is 9.80. The summed E-state index contributed by atoms with van der Waals surface area (Å²) in [5, 5.41) is 14.0. The maximum absolute atomic E-state index is 12.5. The van der Waals surface area contributed by atoms with Crippen molar-refractivity contribution >= 4 is 17.4 Å². The molecule has 1 saturated heterocycles. The number of carboxylic acids is 1. The van der Waals surface area contributed by atoms with E-state index in [0.717, 1.165) is 75.9 Å². The second kappa shape index (κ2) is 13.0. The molecule has 232 valence electrons. The molecule has 1 unspecified atom stereocenters. The summed E-state index contributed by atoms with van der Waals surface area (Å²) in [6, 6.07) is 12.5. The summed E-state index contributed by atoms with van der Waals surface area (Å²) in [5.74, 6) is 2.09. The maximum Gasteiger partial charge on any atom is 0.339 e. The fourth-order valence-electron chi connectivity index (χ4n) is 7.08. The van der Waals surface area contributed by atoms with Gasteiger partial charge in [-0.1, -0.05) is 32.9 Å². The highest BCUT2D eigenvalue weighted by Crippen LogP contribution is 2.38. The van der Waals surface area contributed by atoms with Crippen molar-refractivity contribution < 1.29 is 19.4 Å². The van der Waals surface area contributed by atoms with Crippen LogP contribution < -0.4 is 4.74 Å². The van der Waals surface area contributed by atoms with Crippen molar-refractivity contribution in [1.82, 2.24) is 19.7 Å². The second-order valence-electron chi connectivity index (χ2n) is 12.6. The van der Waals surface area contributed by atoms with E-state index in [-0.39, 0.29) is 5.56 Å². The highest BCUT2D eigenvalue weighted by molar-refractivity contribution is 5.88. The highest BCUT2D eigenvalue weighted by Gasteiger charge is 2.35. The molecule has 2 aromatic heterocycles. The van der Waals surface area contributed by atoms with E-state index in [0.29, 0.717) is 48.2 Å². The number of ether oxygens (including phenoxy) is 1. The summed E-state index contributed by atoms with van der Waals surface area (Å²) in [7, 11) is 0. The maximum atomic E-state index is 12.5. The number of benzene rings is 1. The van der Waals surface area contributed by atoms with E-state index >= 15 is 0 Å². The third-order valence-corrected chi connectivity index (χ3v) is 9.80. The number of hydrogen-bond donors (Lipinski definition) is 1. The minimum atomic E-state index is -0.975.